The number of carbonyl (C=O) groups is 1. The van der Waals surface area contributed by atoms with Crippen molar-refractivity contribution in [1.82, 2.24) is 0 Å². The van der Waals surface area contributed by atoms with Gasteiger partial charge in [-0.25, -0.2) is 4.79 Å². The summed E-state index contributed by atoms with van der Waals surface area (Å²) in [7, 11) is 0. The minimum absolute atomic E-state index is 0.349. The molecular formula is C8H6Br2O2. The Bertz CT molecular complexity index is 289. The Morgan fingerprint density at radius 1 is 1.58 bits per heavy atom. The lowest BCUT2D eigenvalue weighted by molar-refractivity contribution is -0.132. The first-order valence-electron chi connectivity index (χ1n) is 3.23. The van der Waals surface area contributed by atoms with Crippen molar-refractivity contribution >= 4 is 37.8 Å². The van der Waals surface area contributed by atoms with Gasteiger partial charge in [0.05, 0.1) is 0 Å². The zero-order valence-corrected chi connectivity index (χ0v) is 9.31. The second-order valence-electron chi connectivity index (χ2n) is 2.15. The maximum absolute atomic E-state index is 11.0. The number of carbonyl (C=O) groups excluding carboxylic acids is 1. The summed E-state index contributed by atoms with van der Waals surface area (Å²) < 4.78 is 5.37. The number of hydrogen-bond acceptors (Lipinski definition) is 2. The molecule has 0 fully saturated rings. The molecule has 0 bridgehead atoms. The number of esters is 1. The van der Waals surface area contributed by atoms with Crippen LogP contribution in [-0.2, 0) is 9.53 Å². The van der Waals surface area contributed by atoms with Gasteiger partial charge in [0.1, 0.15) is 10.2 Å². The standard InChI is InChI=1S/C8H6Br2O2/c1-2-3-5-6(4-9)12-8(11)7(5)10/h2,4H,1,3H2. The molecule has 0 atom stereocenters. The lowest BCUT2D eigenvalue weighted by Gasteiger charge is -1.97. The molecule has 1 aliphatic rings. The summed E-state index contributed by atoms with van der Waals surface area (Å²) in [4.78, 5) is 12.6. The van der Waals surface area contributed by atoms with E-state index >= 15 is 0 Å². The van der Waals surface area contributed by atoms with E-state index in [9.17, 15) is 4.79 Å². The average molecular weight is 294 g/mol. The first-order valence-corrected chi connectivity index (χ1v) is 4.94. The molecule has 0 N–H and O–H groups in total. The van der Waals surface area contributed by atoms with Crippen molar-refractivity contribution in [3.8, 4) is 0 Å². The molecule has 2 nitrogen and oxygen atoms in total. The molecule has 0 saturated heterocycles. The highest BCUT2D eigenvalue weighted by atomic mass is 79.9. The second kappa shape index (κ2) is 4.05. The molecule has 4 heteroatoms. The molecule has 0 aromatic carbocycles. The molecule has 1 heterocycles. The third-order valence-corrected chi connectivity index (χ3v) is 2.61. The van der Waals surface area contributed by atoms with Gasteiger partial charge in [0.2, 0.25) is 0 Å². The van der Waals surface area contributed by atoms with Crippen molar-refractivity contribution in [3.05, 3.63) is 33.5 Å². The number of hydrogen-bond donors (Lipinski definition) is 0. The minimum atomic E-state index is -0.349. The highest BCUT2D eigenvalue weighted by Gasteiger charge is 2.26. The van der Waals surface area contributed by atoms with E-state index in [2.05, 4.69) is 38.4 Å². The average Bonchev–Trinajstić information content (AvgIpc) is 2.33. The molecule has 64 valence electrons. The molecule has 0 aliphatic carbocycles. The summed E-state index contributed by atoms with van der Waals surface area (Å²) in [6.07, 6.45) is 2.33. The largest absolute Gasteiger partial charge is 0.422 e. The van der Waals surface area contributed by atoms with Gasteiger partial charge in [-0.2, -0.15) is 0 Å². The van der Waals surface area contributed by atoms with Crippen LogP contribution in [-0.4, -0.2) is 5.97 Å². The van der Waals surface area contributed by atoms with Crippen LogP contribution >= 0.6 is 31.9 Å². The molecule has 0 unspecified atom stereocenters. The monoisotopic (exact) mass is 292 g/mol. The van der Waals surface area contributed by atoms with Crippen LogP contribution in [0.4, 0.5) is 0 Å². The van der Waals surface area contributed by atoms with Crippen LogP contribution in [0.25, 0.3) is 0 Å². The van der Waals surface area contributed by atoms with Gasteiger partial charge < -0.3 is 4.74 Å². The molecule has 12 heavy (non-hydrogen) atoms. The summed E-state index contributed by atoms with van der Waals surface area (Å²) in [6, 6.07) is 0. The summed E-state index contributed by atoms with van der Waals surface area (Å²) >= 11 is 6.26. The van der Waals surface area contributed by atoms with Crippen molar-refractivity contribution in [2.24, 2.45) is 0 Å². The highest BCUT2D eigenvalue weighted by Crippen LogP contribution is 2.32. The van der Waals surface area contributed by atoms with Crippen LogP contribution < -0.4 is 0 Å². The van der Waals surface area contributed by atoms with Gasteiger partial charge in [-0.3, -0.25) is 0 Å². The topological polar surface area (TPSA) is 26.3 Å². The summed E-state index contributed by atoms with van der Waals surface area (Å²) in [5.41, 5.74) is 0.826. The van der Waals surface area contributed by atoms with Gasteiger partial charge >= 0.3 is 5.97 Å². The summed E-state index contributed by atoms with van der Waals surface area (Å²) in [5, 5.41) is 0. The molecule has 0 aromatic heterocycles. The Balaban J connectivity index is 3.03. The number of allylic oxidation sites excluding steroid dienone is 2. The summed E-state index contributed by atoms with van der Waals surface area (Å²) in [6.45, 7) is 3.59. The fraction of sp³-hybridized carbons (Fsp3) is 0.125. The van der Waals surface area contributed by atoms with Gasteiger partial charge in [0.25, 0.3) is 0 Å². The zero-order valence-electron chi connectivity index (χ0n) is 6.14. The van der Waals surface area contributed by atoms with E-state index in [1.54, 1.807) is 11.1 Å². The van der Waals surface area contributed by atoms with Crippen molar-refractivity contribution in [1.29, 1.82) is 0 Å². The van der Waals surface area contributed by atoms with Gasteiger partial charge in [-0.15, -0.1) is 6.58 Å². The van der Waals surface area contributed by atoms with Crippen molar-refractivity contribution in [2.45, 2.75) is 6.42 Å². The summed E-state index contributed by atoms with van der Waals surface area (Å²) in [5.74, 6) is 0.198. The van der Waals surface area contributed by atoms with E-state index in [0.717, 1.165) is 5.57 Å². The van der Waals surface area contributed by atoms with Crippen molar-refractivity contribution < 1.29 is 9.53 Å². The normalized spacial score (nSPS) is 20.2. The Hall–Kier alpha value is -0.350. The van der Waals surface area contributed by atoms with E-state index in [4.69, 9.17) is 4.74 Å². The third-order valence-electron chi connectivity index (χ3n) is 1.39. The van der Waals surface area contributed by atoms with Crippen LogP contribution in [0.2, 0.25) is 0 Å². The van der Waals surface area contributed by atoms with Crippen LogP contribution in [0.1, 0.15) is 6.42 Å². The van der Waals surface area contributed by atoms with Gasteiger partial charge in [0.15, 0.2) is 0 Å². The molecule has 0 spiro atoms. The Morgan fingerprint density at radius 2 is 2.25 bits per heavy atom. The van der Waals surface area contributed by atoms with Gasteiger partial charge in [0, 0.05) is 10.6 Å². The van der Waals surface area contributed by atoms with E-state index in [1.165, 1.54) is 0 Å². The fourth-order valence-electron chi connectivity index (χ4n) is 0.860. The second-order valence-corrected chi connectivity index (χ2v) is 3.40. The quantitative estimate of drug-likeness (QED) is 0.578. The lowest BCUT2D eigenvalue weighted by atomic mass is 10.2. The molecule has 0 amide bonds. The smallest absolute Gasteiger partial charge is 0.351 e. The predicted octanol–water partition coefficient (Wildman–Crippen LogP) is 3.00. The van der Waals surface area contributed by atoms with Crippen LogP contribution in [0, 0.1) is 0 Å². The molecule has 1 aliphatic heterocycles. The van der Waals surface area contributed by atoms with Crippen LogP contribution in [0.5, 0.6) is 0 Å². The Morgan fingerprint density at radius 3 is 2.75 bits per heavy atom. The first-order chi connectivity index (χ1) is 5.70. The molecule has 0 aromatic rings. The molecule has 1 rings (SSSR count). The molecule has 0 radical (unpaired) electrons. The van der Waals surface area contributed by atoms with Crippen molar-refractivity contribution in [3.63, 3.8) is 0 Å². The van der Waals surface area contributed by atoms with Crippen LogP contribution in [0.15, 0.2) is 33.5 Å². The number of cyclic esters (lactones) is 1. The maximum atomic E-state index is 11.0. The van der Waals surface area contributed by atoms with E-state index in [-0.39, 0.29) is 5.97 Å². The number of ether oxygens (including phenoxy) is 1. The molecular weight excluding hydrogens is 288 g/mol. The van der Waals surface area contributed by atoms with Crippen molar-refractivity contribution in [2.75, 3.05) is 0 Å². The highest BCUT2D eigenvalue weighted by molar-refractivity contribution is 9.12. The Labute approximate surface area is 87.2 Å². The number of halogens is 2. The minimum Gasteiger partial charge on any atom is -0.422 e. The van der Waals surface area contributed by atoms with Gasteiger partial charge in [-0.1, -0.05) is 22.0 Å². The van der Waals surface area contributed by atoms with Gasteiger partial charge in [-0.05, 0) is 22.4 Å². The van der Waals surface area contributed by atoms with Crippen LogP contribution in [0.3, 0.4) is 0 Å². The third kappa shape index (κ3) is 1.69. The maximum Gasteiger partial charge on any atom is 0.351 e. The zero-order chi connectivity index (χ0) is 9.14. The fourth-order valence-corrected chi connectivity index (χ4v) is 1.67. The number of rotatable bonds is 2. The van der Waals surface area contributed by atoms with E-state index in [0.29, 0.717) is 16.7 Å². The Kier molecular flexibility index (Phi) is 3.29. The molecule has 0 saturated carbocycles. The first kappa shape index (κ1) is 9.74. The SMILES string of the molecule is C=CCC1=C(Br)C(=O)OC1=CBr. The predicted molar refractivity (Wildman–Crippen MR) is 53.9 cm³/mol. The van der Waals surface area contributed by atoms with E-state index < -0.39 is 0 Å². The lowest BCUT2D eigenvalue weighted by Crippen LogP contribution is -1.92. The van der Waals surface area contributed by atoms with E-state index in [1.807, 2.05) is 0 Å².